The van der Waals surface area contributed by atoms with Gasteiger partial charge in [-0.3, -0.25) is 14.0 Å². The largest absolute Gasteiger partial charge is 0.471 e. The van der Waals surface area contributed by atoms with Crippen LogP contribution in [0.1, 0.15) is 0 Å². The summed E-state index contributed by atoms with van der Waals surface area (Å²) < 4.78 is 277. The topological polar surface area (TPSA) is 82.1 Å². The first-order valence-corrected chi connectivity index (χ1v) is 8.48. The van der Waals surface area contributed by atoms with Gasteiger partial charge in [0.2, 0.25) is 0 Å². The van der Waals surface area contributed by atoms with Crippen LogP contribution in [0.3, 0.4) is 0 Å². The van der Waals surface area contributed by atoms with Crippen molar-refractivity contribution in [1.29, 1.82) is 0 Å². The number of alkyl halides is 16. The molecule has 0 aromatic rings. The van der Waals surface area contributed by atoms with E-state index in [9.17, 15) is 91.8 Å². The molecule has 0 saturated carbocycles. The Hall–Kier alpha value is -1.96. The van der Waals surface area contributed by atoms with Crippen LogP contribution in [0.2, 0.25) is 0 Å². The number of hydrogen-bond acceptors (Lipinski definition) is 5. The molecule has 0 aliphatic carbocycles. The van der Waals surface area contributed by atoms with E-state index in [-0.39, 0.29) is 0 Å². The average Bonchev–Trinajstić information content (AvgIpc) is 2.56. The molecule has 2 unspecified atom stereocenters. The first-order chi connectivity index (χ1) is 15.2. The van der Waals surface area contributed by atoms with E-state index in [1.54, 1.807) is 4.74 Å². The van der Waals surface area contributed by atoms with E-state index in [0.29, 0.717) is 0 Å². The molecule has 0 aromatic carbocycles. The molecule has 0 saturated heterocycles. The monoisotopic (exact) mass is 610 g/mol. The van der Waals surface area contributed by atoms with Crippen molar-refractivity contribution in [1.82, 2.24) is 0 Å². The standard InChI is InChI=1S/C10HF19O6S/c11-1(12)2(13)33-7(22,23)3(14,5(16,17)18)34-8(24,25)4(15,6(19,20)21)35-9(26,27)10(28,29)36(30,31)32/h(H,30,31,32). The van der Waals surface area contributed by atoms with Gasteiger partial charge in [0.15, 0.2) is 0 Å². The molecule has 0 aliphatic heterocycles. The third-order valence-electron chi connectivity index (χ3n) is 3.04. The molecule has 0 radical (unpaired) electrons. The third kappa shape index (κ3) is 5.79. The predicted molar refractivity (Wildman–Crippen MR) is 64.7 cm³/mol. The lowest BCUT2D eigenvalue weighted by Crippen LogP contribution is -2.69. The molecule has 0 bridgehead atoms. The van der Waals surface area contributed by atoms with Gasteiger partial charge >= 0.3 is 69.9 Å². The smallest absolute Gasteiger partial charge is 0.398 e. The van der Waals surface area contributed by atoms with Crippen LogP contribution in [0.15, 0.2) is 12.1 Å². The Balaban J connectivity index is 7.05. The highest BCUT2D eigenvalue weighted by Crippen LogP contribution is 2.57. The van der Waals surface area contributed by atoms with Gasteiger partial charge in [0.25, 0.3) is 0 Å². The van der Waals surface area contributed by atoms with E-state index in [1.165, 1.54) is 9.47 Å². The Bertz CT molecular complexity index is 949. The number of halogens is 19. The second-order valence-electron chi connectivity index (χ2n) is 5.57. The lowest BCUT2D eigenvalue weighted by atomic mass is 10.2. The normalized spacial score (nSPS) is 18.3. The molecule has 26 heteroatoms. The second kappa shape index (κ2) is 9.10. The first-order valence-electron chi connectivity index (χ1n) is 7.04. The quantitative estimate of drug-likeness (QED) is 0.192. The number of ether oxygens (including phenoxy) is 3. The molecule has 36 heavy (non-hydrogen) atoms. The highest BCUT2D eigenvalue weighted by atomic mass is 32.2. The molecule has 0 aromatic heterocycles. The molecule has 0 rings (SSSR count). The van der Waals surface area contributed by atoms with Gasteiger partial charge in [-0.15, -0.1) is 0 Å². The molecule has 2 atom stereocenters. The fourth-order valence-corrected chi connectivity index (χ4v) is 1.75. The Morgan fingerprint density at radius 1 is 0.556 bits per heavy atom. The number of rotatable bonds is 10. The van der Waals surface area contributed by atoms with Crippen molar-refractivity contribution in [2.75, 3.05) is 0 Å². The molecule has 0 fully saturated rings. The molecular formula is C10HF19O6S. The van der Waals surface area contributed by atoms with Crippen molar-refractivity contribution in [3.63, 3.8) is 0 Å². The summed E-state index contributed by atoms with van der Waals surface area (Å²) in [5.41, 5.74) is 0. The minimum absolute atomic E-state index is 1.22. The van der Waals surface area contributed by atoms with Crippen LogP contribution >= 0.6 is 0 Å². The Labute approximate surface area is 181 Å². The maximum Gasteiger partial charge on any atom is 0.471 e. The Morgan fingerprint density at radius 3 is 1.14 bits per heavy atom. The van der Waals surface area contributed by atoms with E-state index in [4.69, 9.17) is 4.55 Å². The van der Waals surface area contributed by atoms with Gasteiger partial charge in [-0.25, -0.2) is 0 Å². The lowest BCUT2D eigenvalue weighted by Gasteiger charge is -2.41. The molecule has 0 aliphatic rings. The van der Waals surface area contributed by atoms with E-state index >= 15 is 0 Å². The van der Waals surface area contributed by atoms with Crippen LogP contribution < -0.4 is 0 Å². The fraction of sp³-hybridized carbons (Fsp3) is 0.800. The van der Waals surface area contributed by atoms with Crippen LogP contribution in [0.4, 0.5) is 83.4 Å². The van der Waals surface area contributed by atoms with Crippen LogP contribution in [-0.2, 0) is 24.3 Å². The summed E-state index contributed by atoms with van der Waals surface area (Å²) in [5, 5.41) is -7.57. The van der Waals surface area contributed by atoms with Gasteiger partial charge < -0.3 is 4.74 Å². The van der Waals surface area contributed by atoms with Crippen LogP contribution in [0, 0.1) is 0 Å². The minimum Gasteiger partial charge on any atom is -0.398 e. The van der Waals surface area contributed by atoms with E-state index < -0.39 is 69.9 Å². The molecule has 0 spiro atoms. The molecular weight excluding hydrogens is 609 g/mol. The summed E-state index contributed by atoms with van der Waals surface area (Å²) >= 11 is 0. The minimum atomic E-state index is -8.42. The molecule has 0 amide bonds. The second-order valence-corrected chi connectivity index (χ2v) is 7.03. The maximum atomic E-state index is 13.9. The van der Waals surface area contributed by atoms with Crippen molar-refractivity contribution in [2.45, 2.75) is 47.6 Å². The molecule has 216 valence electrons. The highest BCUT2D eigenvalue weighted by Gasteiger charge is 2.87. The summed E-state index contributed by atoms with van der Waals surface area (Å²) in [5.74, 6) is -16.5. The number of hydrogen-bond donors (Lipinski definition) is 1. The summed E-state index contributed by atoms with van der Waals surface area (Å²) in [7, 11) is -7.77. The lowest BCUT2D eigenvalue weighted by molar-refractivity contribution is -0.562. The maximum absolute atomic E-state index is 13.9. The van der Waals surface area contributed by atoms with Crippen molar-refractivity contribution < 1.29 is 111 Å². The van der Waals surface area contributed by atoms with Crippen molar-refractivity contribution in [3.8, 4) is 0 Å². The van der Waals surface area contributed by atoms with Gasteiger partial charge in [0.1, 0.15) is 0 Å². The van der Waals surface area contributed by atoms with Crippen molar-refractivity contribution in [2.24, 2.45) is 0 Å². The van der Waals surface area contributed by atoms with E-state index in [0.717, 1.165) is 0 Å². The zero-order valence-electron chi connectivity index (χ0n) is 15.1. The van der Waals surface area contributed by atoms with Crippen molar-refractivity contribution in [3.05, 3.63) is 12.1 Å². The summed E-state index contributed by atoms with van der Waals surface area (Å²) in [6.07, 6.45) is -44.5. The zero-order valence-corrected chi connectivity index (χ0v) is 15.9. The highest BCUT2D eigenvalue weighted by molar-refractivity contribution is 7.86. The first kappa shape index (κ1) is 34.0. The van der Waals surface area contributed by atoms with Crippen LogP contribution in [-0.4, -0.2) is 60.6 Å². The van der Waals surface area contributed by atoms with E-state index in [2.05, 4.69) is 0 Å². The Morgan fingerprint density at radius 2 is 0.861 bits per heavy atom. The van der Waals surface area contributed by atoms with Crippen LogP contribution in [0.5, 0.6) is 0 Å². The molecule has 1 N–H and O–H groups in total. The van der Waals surface area contributed by atoms with Gasteiger partial charge in [-0.05, 0) is 0 Å². The van der Waals surface area contributed by atoms with Crippen molar-refractivity contribution >= 4 is 10.1 Å². The molecule has 0 heterocycles. The Kier molecular flexibility index (Phi) is 8.61. The van der Waals surface area contributed by atoms with Gasteiger partial charge in [-0.1, -0.05) is 0 Å². The SMILES string of the molecule is O=S(=O)(O)C(F)(F)C(F)(F)OC(F)(C(F)(F)F)C(F)(F)OC(F)(C(F)(F)F)C(F)(F)OC(F)=C(F)F. The van der Waals surface area contributed by atoms with E-state index in [1.807, 2.05) is 0 Å². The third-order valence-corrected chi connectivity index (χ3v) is 3.93. The average molecular weight is 610 g/mol. The predicted octanol–water partition coefficient (Wildman–Crippen LogP) is 5.79. The summed E-state index contributed by atoms with van der Waals surface area (Å²) in [6, 6.07) is -4.25. The van der Waals surface area contributed by atoms with Gasteiger partial charge in [-0.2, -0.15) is 91.8 Å². The molecule has 6 nitrogen and oxygen atoms in total. The summed E-state index contributed by atoms with van der Waals surface area (Å²) in [6.45, 7) is 0. The van der Waals surface area contributed by atoms with Gasteiger partial charge in [0, 0.05) is 0 Å². The summed E-state index contributed by atoms with van der Waals surface area (Å²) in [4.78, 5) is 0. The van der Waals surface area contributed by atoms with Gasteiger partial charge in [0.05, 0.1) is 0 Å². The fourth-order valence-electron chi connectivity index (χ4n) is 1.41. The zero-order chi connectivity index (χ0) is 29.8. The van der Waals surface area contributed by atoms with Crippen LogP contribution in [0.25, 0.3) is 0 Å².